The number of ether oxygens (including phenoxy) is 3. The van der Waals surface area contributed by atoms with Crippen LogP contribution in [-0.4, -0.2) is 30.1 Å². The van der Waals surface area contributed by atoms with E-state index in [1.165, 1.54) is 20.3 Å². The normalized spacial score (nSPS) is 10.1. The molecule has 132 valence electrons. The lowest BCUT2D eigenvalue weighted by Crippen LogP contribution is -2.13. The number of carbonyl (C=O) groups is 1. The summed E-state index contributed by atoms with van der Waals surface area (Å²) in [5.41, 5.74) is 1.04. The van der Waals surface area contributed by atoms with Crippen molar-refractivity contribution in [1.82, 2.24) is 9.97 Å². The van der Waals surface area contributed by atoms with Crippen LogP contribution in [0.5, 0.6) is 23.5 Å². The minimum atomic E-state index is -0.304. The van der Waals surface area contributed by atoms with E-state index < -0.39 is 0 Å². The summed E-state index contributed by atoms with van der Waals surface area (Å²) in [4.78, 5) is 20.8. The third-order valence-corrected chi connectivity index (χ3v) is 3.44. The summed E-state index contributed by atoms with van der Waals surface area (Å²) < 4.78 is 15.9. The Morgan fingerprint density at radius 1 is 0.885 bits per heavy atom. The monoisotopic (exact) mass is 351 g/mol. The van der Waals surface area contributed by atoms with Crippen LogP contribution in [0.25, 0.3) is 0 Å². The summed E-state index contributed by atoms with van der Waals surface area (Å²) in [5.74, 6) is 0.592. The van der Waals surface area contributed by atoms with E-state index >= 15 is 0 Å². The van der Waals surface area contributed by atoms with E-state index in [1.807, 2.05) is 18.2 Å². The molecule has 0 fully saturated rings. The van der Waals surface area contributed by atoms with Gasteiger partial charge in [-0.1, -0.05) is 30.3 Å². The highest BCUT2D eigenvalue weighted by Crippen LogP contribution is 2.27. The molecule has 2 aromatic carbocycles. The van der Waals surface area contributed by atoms with Crippen LogP contribution in [0.2, 0.25) is 0 Å². The number of para-hydroxylation sites is 2. The first-order valence-electron chi connectivity index (χ1n) is 7.80. The molecule has 0 radical (unpaired) electrons. The van der Waals surface area contributed by atoms with Crippen LogP contribution in [0.15, 0.2) is 60.7 Å². The lowest BCUT2D eigenvalue weighted by molar-refractivity contribution is 0.102. The van der Waals surface area contributed by atoms with Crippen LogP contribution >= 0.6 is 0 Å². The van der Waals surface area contributed by atoms with Crippen molar-refractivity contribution in [2.75, 3.05) is 19.5 Å². The Morgan fingerprint density at radius 2 is 1.50 bits per heavy atom. The van der Waals surface area contributed by atoms with Crippen LogP contribution in [0, 0.1) is 0 Å². The van der Waals surface area contributed by atoms with Crippen molar-refractivity contribution in [1.29, 1.82) is 0 Å². The Balaban J connectivity index is 1.87. The Labute approximate surface area is 150 Å². The molecule has 26 heavy (non-hydrogen) atoms. The lowest BCUT2D eigenvalue weighted by Gasteiger charge is -2.11. The Morgan fingerprint density at radius 3 is 2.15 bits per heavy atom. The maximum atomic E-state index is 12.6. The molecule has 0 saturated carbocycles. The Kier molecular flexibility index (Phi) is 5.28. The lowest BCUT2D eigenvalue weighted by atomic mass is 10.2. The van der Waals surface area contributed by atoms with Crippen molar-refractivity contribution in [2.24, 2.45) is 0 Å². The smallest absolute Gasteiger partial charge is 0.328 e. The van der Waals surface area contributed by atoms with Crippen molar-refractivity contribution < 1.29 is 19.0 Å². The number of rotatable bonds is 6. The average Bonchev–Trinajstić information content (AvgIpc) is 2.68. The molecule has 0 aliphatic carbocycles. The zero-order chi connectivity index (χ0) is 18.4. The number of amides is 1. The molecule has 0 saturated heterocycles. The highest BCUT2D eigenvalue weighted by atomic mass is 16.5. The molecule has 7 nitrogen and oxygen atoms in total. The Hall–Kier alpha value is -3.61. The van der Waals surface area contributed by atoms with Crippen molar-refractivity contribution >= 4 is 11.6 Å². The van der Waals surface area contributed by atoms with Crippen LogP contribution in [0.3, 0.4) is 0 Å². The number of carbonyl (C=O) groups excluding carboxylic acids is 1. The maximum Gasteiger partial charge on any atom is 0.328 e. The second-order valence-corrected chi connectivity index (χ2v) is 5.15. The Bertz CT molecular complexity index is 878. The molecule has 0 spiro atoms. The van der Waals surface area contributed by atoms with Crippen molar-refractivity contribution in [3.05, 3.63) is 66.2 Å². The first kappa shape index (κ1) is 17.2. The van der Waals surface area contributed by atoms with Gasteiger partial charge in [0.15, 0.2) is 0 Å². The molecule has 1 aromatic heterocycles. The van der Waals surface area contributed by atoms with E-state index in [4.69, 9.17) is 14.2 Å². The van der Waals surface area contributed by atoms with E-state index in [0.29, 0.717) is 17.0 Å². The zero-order valence-corrected chi connectivity index (χ0v) is 14.3. The molecule has 0 unspecified atom stereocenters. The molecule has 7 heteroatoms. The molecule has 0 bridgehead atoms. The molecule has 0 aliphatic rings. The predicted molar refractivity (Wildman–Crippen MR) is 96.0 cm³/mol. The second kappa shape index (κ2) is 7.98. The topological polar surface area (TPSA) is 82.6 Å². The van der Waals surface area contributed by atoms with E-state index in [-0.39, 0.29) is 23.7 Å². The fraction of sp³-hybridized carbons (Fsp3) is 0.105. The van der Waals surface area contributed by atoms with Gasteiger partial charge in [0.2, 0.25) is 11.8 Å². The van der Waals surface area contributed by atoms with Crippen LogP contribution < -0.4 is 19.5 Å². The summed E-state index contributed by atoms with van der Waals surface area (Å²) in [5, 5.41) is 2.82. The van der Waals surface area contributed by atoms with E-state index in [9.17, 15) is 4.79 Å². The van der Waals surface area contributed by atoms with Gasteiger partial charge < -0.3 is 19.5 Å². The van der Waals surface area contributed by atoms with Gasteiger partial charge in [-0.2, -0.15) is 9.97 Å². The van der Waals surface area contributed by atoms with Crippen LogP contribution in [-0.2, 0) is 0 Å². The van der Waals surface area contributed by atoms with Gasteiger partial charge in [0, 0.05) is 5.69 Å². The molecule has 1 N–H and O–H groups in total. The second-order valence-electron chi connectivity index (χ2n) is 5.15. The van der Waals surface area contributed by atoms with Gasteiger partial charge in [-0.15, -0.1) is 0 Å². The first-order chi connectivity index (χ1) is 12.7. The summed E-state index contributed by atoms with van der Waals surface area (Å²) in [6.45, 7) is 0. The molecule has 3 aromatic rings. The standard InChI is InChI=1S/C19H17N3O4/c1-24-16-12-17(25-2)22-19(21-16)26-15-11-7-6-10-14(15)18(23)20-13-8-4-3-5-9-13/h3-12H,1-2H3,(H,20,23). The minimum absolute atomic E-state index is 0.0150. The number of anilines is 1. The summed E-state index contributed by atoms with van der Waals surface area (Å²) >= 11 is 0. The average molecular weight is 351 g/mol. The number of nitrogens with zero attached hydrogens (tertiary/aromatic N) is 2. The summed E-state index contributed by atoms with van der Waals surface area (Å²) in [6.07, 6.45) is 0. The van der Waals surface area contributed by atoms with Gasteiger partial charge in [0.25, 0.3) is 5.91 Å². The summed E-state index contributed by atoms with van der Waals surface area (Å²) in [6, 6.07) is 17.5. The van der Waals surface area contributed by atoms with Gasteiger partial charge >= 0.3 is 6.01 Å². The van der Waals surface area contributed by atoms with Gasteiger partial charge in [-0.05, 0) is 24.3 Å². The van der Waals surface area contributed by atoms with Crippen molar-refractivity contribution in [3.63, 3.8) is 0 Å². The molecule has 0 aliphatic heterocycles. The van der Waals surface area contributed by atoms with Gasteiger partial charge in [0.1, 0.15) is 5.75 Å². The third kappa shape index (κ3) is 4.07. The fourth-order valence-electron chi connectivity index (χ4n) is 2.20. The number of nitrogens with one attached hydrogen (secondary N) is 1. The quantitative estimate of drug-likeness (QED) is 0.731. The van der Waals surface area contributed by atoms with E-state index in [0.717, 1.165) is 0 Å². The molecular formula is C19H17N3O4. The number of aromatic nitrogens is 2. The van der Waals surface area contributed by atoms with Gasteiger partial charge in [-0.25, -0.2) is 0 Å². The van der Waals surface area contributed by atoms with Gasteiger partial charge in [0.05, 0.1) is 25.8 Å². The van der Waals surface area contributed by atoms with E-state index in [2.05, 4.69) is 15.3 Å². The summed E-state index contributed by atoms with van der Waals surface area (Å²) in [7, 11) is 2.96. The highest BCUT2D eigenvalue weighted by Gasteiger charge is 2.15. The molecule has 3 rings (SSSR count). The van der Waals surface area contributed by atoms with E-state index in [1.54, 1.807) is 36.4 Å². The third-order valence-electron chi connectivity index (χ3n) is 3.44. The first-order valence-corrected chi connectivity index (χ1v) is 7.80. The predicted octanol–water partition coefficient (Wildman–Crippen LogP) is 3.54. The number of methoxy groups -OCH3 is 2. The highest BCUT2D eigenvalue weighted by molar-refractivity contribution is 6.06. The van der Waals surface area contributed by atoms with Crippen LogP contribution in [0.1, 0.15) is 10.4 Å². The SMILES string of the molecule is COc1cc(OC)nc(Oc2ccccc2C(=O)Nc2ccccc2)n1. The van der Waals surface area contributed by atoms with Crippen molar-refractivity contribution in [2.45, 2.75) is 0 Å². The number of benzene rings is 2. The van der Waals surface area contributed by atoms with Crippen molar-refractivity contribution in [3.8, 4) is 23.5 Å². The molecule has 1 heterocycles. The van der Waals surface area contributed by atoms with Crippen LogP contribution in [0.4, 0.5) is 5.69 Å². The van der Waals surface area contributed by atoms with Gasteiger partial charge in [-0.3, -0.25) is 4.79 Å². The molecular weight excluding hydrogens is 334 g/mol. The molecule has 1 amide bonds. The number of hydrogen-bond donors (Lipinski definition) is 1. The minimum Gasteiger partial charge on any atom is -0.481 e. The maximum absolute atomic E-state index is 12.6. The zero-order valence-electron chi connectivity index (χ0n) is 14.3. The largest absolute Gasteiger partial charge is 0.481 e. The number of hydrogen-bond acceptors (Lipinski definition) is 6. The fourth-order valence-corrected chi connectivity index (χ4v) is 2.20. The molecule has 0 atom stereocenters.